The Morgan fingerprint density at radius 3 is 1.94 bits per heavy atom. The van der Waals surface area contributed by atoms with Crippen LogP contribution in [0.5, 0.6) is 0 Å². The highest BCUT2D eigenvalue weighted by molar-refractivity contribution is 8.04. The van der Waals surface area contributed by atoms with Crippen molar-refractivity contribution in [3.8, 4) is 0 Å². The molecule has 5 heteroatoms. The average Bonchev–Trinajstić information content (AvgIpc) is 2.36. The summed E-state index contributed by atoms with van der Waals surface area (Å²) in [6.45, 7) is 5.88. The summed E-state index contributed by atoms with van der Waals surface area (Å²) in [7, 11) is -3.66. The molecule has 0 N–H and O–H groups in total. The first-order valence-electron chi connectivity index (χ1n) is 6.07. The van der Waals surface area contributed by atoms with Crippen molar-refractivity contribution in [2.24, 2.45) is 0 Å². The summed E-state index contributed by atoms with van der Waals surface area (Å²) in [5.74, 6) is 0. The molecule has 98 valence electrons. The number of nitrogens with zero attached hydrogens (tertiary/aromatic N) is 2. The summed E-state index contributed by atoms with van der Waals surface area (Å²) in [6.07, 6.45) is 2.14. The van der Waals surface area contributed by atoms with Gasteiger partial charge in [-0.15, -0.1) is 0 Å². The molecule has 0 aromatic heterocycles. The number of aryl methyl sites for hydroxylation is 3. The van der Waals surface area contributed by atoms with Crippen LogP contribution in [0.25, 0.3) is 5.53 Å². The normalized spacial score (nSPS) is 11.1. The van der Waals surface area contributed by atoms with Crippen molar-refractivity contribution in [2.75, 3.05) is 0 Å². The van der Waals surface area contributed by atoms with E-state index in [2.05, 4.69) is 4.79 Å². The molecule has 18 heavy (non-hydrogen) atoms. The van der Waals surface area contributed by atoms with Crippen molar-refractivity contribution in [3.63, 3.8) is 0 Å². The van der Waals surface area contributed by atoms with Crippen LogP contribution in [-0.4, -0.2) is 18.8 Å². The summed E-state index contributed by atoms with van der Waals surface area (Å²) >= 11 is 0. The molecule has 0 heterocycles. The molecule has 0 unspecified atom stereocenters. The number of sulfone groups is 1. The standard InChI is InChI=1S/C13H18N2O2S/c1-4-10-7-11(5-2)13(12(6-3)8-10)18(16,17)9-15-14/h7-9H,4-6H2,1-3H3. The van der Waals surface area contributed by atoms with Gasteiger partial charge < -0.3 is 5.53 Å². The second-order valence-electron chi connectivity index (χ2n) is 4.07. The smallest absolute Gasteiger partial charge is 0.361 e. The van der Waals surface area contributed by atoms with Gasteiger partial charge in [0.2, 0.25) is 0 Å². The third-order valence-corrected chi connectivity index (χ3v) is 4.41. The van der Waals surface area contributed by atoms with Crippen LogP contribution >= 0.6 is 0 Å². The molecule has 0 aliphatic rings. The minimum absolute atomic E-state index is 0.294. The van der Waals surface area contributed by atoms with Gasteiger partial charge >= 0.3 is 5.55 Å². The maximum atomic E-state index is 12.1. The number of rotatable bonds is 5. The largest absolute Gasteiger partial charge is 0.374 e. The summed E-state index contributed by atoms with van der Waals surface area (Å²) in [5, 5.41) is 0. The van der Waals surface area contributed by atoms with E-state index in [-0.39, 0.29) is 0 Å². The van der Waals surface area contributed by atoms with E-state index < -0.39 is 9.84 Å². The molecule has 0 atom stereocenters. The molecular formula is C13H18N2O2S. The highest BCUT2D eigenvalue weighted by Crippen LogP contribution is 2.24. The van der Waals surface area contributed by atoms with Gasteiger partial charge in [0, 0.05) is 0 Å². The molecule has 0 aliphatic heterocycles. The Hall–Kier alpha value is -1.45. The Morgan fingerprint density at radius 1 is 1.11 bits per heavy atom. The van der Waals surface area contributed by atoms with Gasteiger partial charge in [0.1, 0.15) is 0 Å². The lowest BCUT2D eigenvalue weighted by molar-refractivity contribution is 0.00753. The van der Waals surface area contributed by atoms with Crippen LogP contribution in [0.1, 0.15) is 37.5 Å². The Morgan fingerprint density at radius 2 is 1.61 bits per heavy atom. The minimum atomic E-state index is -3.66. The van der Waals surface area contributed by atoms with E-state index in [9.17, 15) is 8.42 Å². The van der Waals surface area contributed by atoms with Gasteiger partial charge in [-0.3, -0.25) is 0 Å². The van der Waals surface area contributed by atoms with Crippen molar-refractivity contribution in [1.29, 1.82) is 0 Å². The molecule has 0 bridgehead atoms. The fraction of sp³-hybridized carbons (Fsp3) is 0.462. The molecule has 0 spiro atoms. The lowest BCUT2D eigenvalue weighted by Gasteiger charge is -2.12. The van der Waals surface area contributed by atoms with Crippen molar-refractivity contribution in [3.05, 3.63) is 34.4 Å². The minimum Gasteiger partial charge on any atom is -0.361 e. The number of hydrogen-bond acceptors (Lipinski definition) is 2. The van der Waals surface area contributed by atoms with E-state index in [4.69, 9.17) is 5.53 Å². The highest BCUT2D eigenvalue weighted by atomic mass is 32.2. The topological polar surface area (TPSA) is 70.5 Å². The van der Waals surface area contributed by atoms with Crippen molar-refractivity contribution < 1.29 is 13.2 Å². The van der Waals surface area contributed by atoms with E-state index in [0.29, 0.717) is 23.3 Å². The van der Waals surface area contributed by atoms with Crippen LogP contribution in [0.2, 0.25) is 0 Å². The van der Waals surface area contributed by atoms with Crippen LogP contribution in [0, 0.1) is 0 Å². The first-order chi connectivity index (χ1) is 8.50. The maximum Gasteiger partial charge on any atom is 0.374 e. The van der Waals surface area contributed by atoms with E-state index in [1.54, 1.807) is 0 Å². The summed E-state index contributed by atoms with van der Waals surface area (Å²) < 4.78 is 24.2. The van der Waals surface area contributed by atoms with Crippen LogP contribution in [-0.2, 0) is 29.1 Å². The zero-order chi connectivity index (χ0) is 13.8. The fourth-order valence-corrected chi connectivity index (χ4v) is 3.40. The van der Waals surface area contributed by atoms with Crippen molar-refractivity contribution >= 4 is 15.4 Å². The van der Waals surface area contributed by atoms with Crippen molar-refractivity contribution in [2.45, 2.75) is 44.9 Å². The number of benzene rings is 1. The first-order valence-corrected chi connectivity index (χ1v) is 7.61. The maximum absolute atomic E-state index is 12.1. The Bertz CT molecular complexity index is 560. The van der Waals surface area contributed by atoms with Gasteiger partial charge in [-0.1, -0.05) is 32.9 Å². The average molecular weight is 266 g/mol. The van der Waals surface area contributed by atoms with Crippen molar-refractivity contribution in [1.82, 2.24) is 0 Å². The van der Waals surface area contributed by atoms with Gasteiger partial charge in [0.05, 0.1) is 4.90 Å². The lowest BCUT2D eigenvalue weighted by Crippen LogP contribution is -2.10. The van der Waals surface area contributed by atoms with Gasteiger partial charge in [-0.05, 0) is 36.0 Å². The quantitative estimate of drug-likeness (QED) is 0.355. The zero-order valence-electron chi connectivity index (χ0n) is 11.0. The molecule has 1 aromatic carbocycles. The van der Waals surface area contributed by atoms with Crippen LogP contribution < -0.4 is 0 Å². The lowest BCUT2D eigenvalue weighted by atomic mass is 10.0. The van der Waals surface area contributed by atoms with E-state index in [1.165, 1.54) is 0 Å². The predicted octanol–water partition coefficient (Wildman–Crippen LogP) is 2.41. The van der Waals surface area contributed by atoms with Crippen LogP contribution in [0.3, 0.4) is 0 Å². The second kappa shape index (κ2) is 5.94. The molecule has 0 aliphatic carbocycles. The molecule has 0 amide bonds. The van der Waals surface area contributed by atoms with Gasteiger partial charge in [-0.25, -0.2) is 8.42 Å². The van der Waals surface area contributed by atoms with Gasteiger partial charge in [0.15, 0.2) is 0 Å². The van der Waals surface area contributed by atoms with E-state index in [0.717, 1.165) is 23.1 Å². The fourth-order valence-electron chi connectivity index (χ4n) is 2.04. The molecule has 1 rings (SSSR count). The summed E-state index contributed by atoms with van der Waals surface area (Å²) in [6, 6.07) is 3.83. The second-order valence-corrected chi connectivity index (χ2v) is 5.78. The molecule has 0 fully saturated rings. The first kappa shape index (κ1) is 14.6. The Labute approximate surface area is 108 Å². The third-order valence-electron chi connectivity index (χ3n) is 2.94. The number of hydrogen-bond donors (Lipinski definition) is 0. The van der Waals surface area contributed by atoms with Gasteiger partial charge in [0.25, 0.3) is 9.84 Å². The molecule has 0 radical (unpaired) electrons. The molecular weight excluding hydrogens is 248 g/mol. The third kappa shape index (κ3) is 2.86. The molecule has 0 saturated heterocycles. The van der Waals surface area contributed by atoms with Crippen LogP contribution in [0.4, 0.5) is 0 Å². The molecule has 0 saturated carbocycles. The SMILES string of the molecule is CCc1cc(CC)c(S(=O)(=O)C=[N+]=[N-])c(CC)c1. The Balaban J connectivity index is 3.65. The highest BCUT2D eigenvalue weighted by Gasteiger charge is 2.23. The van der Waals surface area contributed by atoms with E-state index >= 15 is 0 Å². The molecule has 4 nitrogen and oxygen atoms in total. The van der Waals surface area contributed by atoms with Gasteiger partial charge in [-0.2, -0.15) is 4.79 Å². The van der Waals surface area contributed by atoms with E-state index in [1.807, 2.05) is 32.9 Å². The summed E-state index contributed by atoms with van der Waals surface area (Å²) in [4.78, 5) is 2.96. The molecule has 1 aromatic rings. The zero-order valence-corrected chi connectivity index (χ0v) is 11.8. The van der Waals surface area contributed by atoms with Crippen LogP contribution in [0.15, 0.2) is 17.0 Å². The Kier molecular flexibility index (Phi) is 4.82. The predicted molar refractivity (Wildman–Crippen MR) is 71.4 cm³/mol. The summed E-state index contributed by atoms with van der Waals surface area (Å²) in [5.41, 5.74) is 11.8. The monoisotopic (exact) mass is 266 g/mol.